The lowest BCUT2D eigenvalue weighted by Gasteiger charge is -2.29. The van der Waals surface area contributed by atoms with Crippen molar-refractivity contribution in [3.05, 3.63) is 34.9 Å². The van der Waals surface area contributed by atoms with Crippen LogP contribution in [0.5, 0.6) is 0 Å². The first-order chi connectivity index (χ1) is 13.0. The van der Waals surface area contributed by atoms with Crippen LogP contribution in [0.25, 0.3) is 0 Å². The van der Waals surface area contributed by atoms with Crippen LogP contribution in [0.1, 0.15) is 34.3 Å². The predicted octanol–water partition coefficient (Wildman–Crippen LogP) is -0.801. The summed E-state index contributed by atoms with van der Waals surface area (Å²) >= 11 is 0. The van der Waals surface area contributed by atoms with Crippen LogP contribution in [-0.2, 0) is 22.7 Å². The van der Waals surface area contributed by atoms with Crippen LogP contribution in [0.15, 0.2) is 18.2 Å². The molecule has 0 radical (unpaired) electrons. The van der Waals surface area contributed by atoms with Crippen molar-refractivity contribution in [3.63, 3.8) is 0 Å². The zero-order valence-corrected chi connectivity index (χ0v) is 15.1. The summed E-state index contributed by atoms with van der Waals surface area (Å²) in [6, 6.07) is 5.21. The molecule has 1 aromatic carbocycles. The number of amides is 3. The molecule has 3 heterocycles. The fraction of sp³-hybridized carbons (Fsp3) is 0.526. The summed E-state index contributed by atoms with van der Waals surface area (Å²) in [5.74, 6) is -0.760. The van der Waals surface area contributed by atoms with Gasteiger partial charge in [-0.15, -0.1) is 0 Å². The van der Waals surface area contributed by atoms with E-state index in [9.17, 15) is 19.5 Å². The maximum atomic E-state index is 12.9. The number of fused-ring (bicyclic) bond motifs is 1. The maximum absolute atomic E-state index is 12.9. The SMILES string of the molecule is NC[C@@H]1CN(Cc2ccc3c(c2)C(=O)N(C2CCC(=O)NC2=O)C3)C[C@H]1O. The third kappa shape index (κ3) is 3.36. The number of nitrogens with zero attached hydrogens (tertiary/aromatic N) is 2. The zero-order chi connectivity index (χ0) is 19.1. The quantitative estimate of drug-likeness (QED) is 0.596. The van der Waals surface area contributed by atoms with Crippen molar-refractivity contribution >= 4 is 17.7 Å². The van der Waals surface area contributed by atoms with E-state index >= 15 is 0 Å². The average Bonchev–Trinajstić information content (AvgIpc) is 3.15. The lowest BCUT2D eigenvalue weighted by atomic mass is 10.0. The normalized spacial score (nSPS) is 28.6. The standard InChI is InChI=1S/C19H24N4O4/c20-6-13-8-22(10-16(13)24)7-11-1-2-12-9-23(19(27)14(12)5-11)15-3-4-17(25)21-18(15)26/h1-2,5,13,15-16,24H,3-4,6-10,20H2,(H,21,25,26)/t13-,15?,16-/m1/s1. The van der Waals surface area contributed by atoms with Crippen molar-refractivity contribution in [1.29, 1.82) is 0 Å². The first-order valence-corrected chi connectivity index (χ1v) is 9.33. The molecule has 3 atom stereocenters. The number of benzene rings is 1. The molecule has 2 saturated heterocycles. The first-order valence-electron chi connectivity index (χ1n) is 9.33. The van der Waals surface area contributed by atoms with E-state index in [2.05, 4.69) is 10.2 Å². The number of hydrogen-bond donors (Lipinski definition) is 3. The van der Waals surface area contributed by atoms with Gasteiger partial charge in [-0.1, -0.05) is 12.1 Å². The molecule has 4 rings (SSSR count). The Labute approximate surface area is 157 Å². The minimum Gasteiger partial charge on any atom is -0.391 e. The Morgan fingerprint density at radius 2 is 2.04 bits per heavy atom. The van der Waals surface area contributed by atoms with Gasteiger partial charge in [-0.05, 0) is 30.2 Å². The van der Waals surface area contributed by atoms with Gasteiger partial charge in [-0.25, -0.2) is 0 Å². The van der Waals surface area contributed by atoms with Gasteiger partial charge in [0.2, 0.25) is 11.8 Å². The Morgan fingerprint density at radius 3 is 2.74 bits per heavy atom. The summed E-state index contributed by atoms with van der Waals surface area (Å²) < 4.78 is 0. The molecule has 27 heavy (non-hydrogen) atoms. The summed E-state index contributed by atoms with van der Waals surface area (Å²) in [5.41, 5.74) is 8.20. The highest BCUT2D eigenvalue weighted by Gasteiger charge is 2.39. The zero-order valence-electron chi connectivity index (χ0n) is 15.1. The third-order valence-electron chi connectivity index (χ3n) is 5.78. The Balaban J connectivity index is 1.47. The van der Waals surface area contributed by atoms with Gasteiger partial charge in [0.25, 0.3) is 5.91 Å². The van der Waals surface area contributed by atoms with Gasteiger partial charge >= 0.3 is 0 Å². The number of nitrogens with two attached hydrogens (primary N) is 1. The molecule has 2 fully saturated rings. The molecule has 0 aliphatic carbocycles. The number of carbonyl (C=O) groups excluding carboxylic acids is 3. The highest BCUT2D eigenvalue weighted by Crippen LogP contribution is 2.29. The number of nitrogens with one attached hydrogen (secondary N) is 1. The molecule has 8 heteroatoms. The van der Waals surface area contributed by atoms with E-state index in [1.165, 1.54) is 0 Å². The number of β-amino-alcohol motifs (C(OH)–C–C–N with tert-alkyl or cyclic N) is 1. The van der Waals surface area contributed by atoms with E-state index in [1.807, 2.05) is 18.2 Å². The van der Waals surface area contributed by atoms with E-state index in [-0.39, 0.29) is 24.2 Å². The van der Waals surface area contributed by atoms with Gasteiger partial charge in [0.15, 0.2) is 0 Å². The van der Waals surface area contributed by atoms with Gasteiger partial charge in [-0.3, -0.25) is 24.6 Å². The Hall–Kier alpha value is -2.29. The summed E-state index contributed by atoms with van der Waals surface area (Å²) in [4.78, 5) is 40.0. The summed E-state index contributed by atoms with van der Waals surface area (Å²) in [6.45, 7) is 2.81. The Morgan fingerprint density at radius 1 is 1.22 bits per heavy atom. The van der Waals surface area contributed by atoms with Gasteiger partial charge in [0, 0.05) is 44.1 Å². The van der Waals surface area contributed by atoms with Crippen molar-refractivity contribution in [2.24, 2.45) is 11.7 Å². The van der Waals surface area contributed by atoms with Crippen LogP contribution in [0.3, 0.4) is 0 Å². The second kappa shape index (κ2) is 7.03. The molecule has 0 saturated carbocycles. The van der Waals surface area contributed by atoms with Crippen LogP contribution >= 0.6 is 0 Å². The maximum Gasteiger partial charge on any atom is 0.255 e. The number of aliphatic hydroxyl groups excluding tert-OH is 1. The summed E-state index contributed by atoms with van der Waals surface area (Å²) in [6.07, 6.45) is 0.208. The third-order valence-corrected chi connectivity index (χ3v) is 5.78. The van der Waals surface area contributed by atoms with Crippen molar-refractivity contribution in [1.82, 2.24) is 15.1 Å². The molecule has 0 spiro atoms. The largest absolute Gasteiger partial charge is 0.391 e. The second-order valence-corrected chi connectivity index (χ2v) is 7.65. The highest BCUT2D eigenvalue weighted by atomic mass is 16.3. The molecular formula is C19H24N4O4. The highest BCUT2D eigenvalue weighted by molar-refractivity contribution is 6.05. The summed E-state index contributed by atoms with van der Waals surface area (Å²) in [7, 11) is 0. The number of aliphatic hydroxyl groups is 1. The summed E-state index contributed by atoms with van der Waals surface area (Å²) in [5, 5.41) is 12.3. The molecule has 144 valence electrons. The van der Waals surface area contributed by atoms with Crippen molar-refractivity contribution in [3.8, 4) is 0 Å². The van der Waals surface area contributed by atoms with E-state index < -0.39 is 18.1 Å². The van der Waals surface area contributed by atoms with Crippen molar-refractivity contribution in [2.75, 3.05) is 19.6 Å². The number of rotatable bonds is 4. The number of likely N-dealkylation sites (tertiary alicyclic amines) is 1. The van der Waals surface area contributed by atoms with Crippen molar-refractivity contribution in [2.45, 2.75) is 38.1 Å². The Kier molecular flexibility index (Phi) is 4.71. The van der Waals surface area contributed by atoms with E-state index in [0.717, 1.165) is 17.7 Å². The molecule has 4 N–H and O–H groups in total. The monoisotopic (exact) mass is 372 g/mol. The number of carbonyl (C=O) groups is 3. The number of piperidine rings is 1. The second-order valence-electron chi connectivity index (χ2n) is 7.65. The average molecular weight is 372 g/mol. The fourth-order valence-electron chi connectivity index (χ4n) is 4.26. The van der Waals surface area contributed by atoms with Crippen molar-refractivity contribution < 1.29 is 19.5 Å². The lowest BCUT2D eigenvalue weighted by Crippen LogP contribution is -2.52. The van der Waals surface area contributed by atoms with Crippen LogP contribution < -0.4 is 11.1 Å². The molecule has 0 bridgehead atoms. The van der Waals surface area contributed by atoms with E-state index in [0.29, 0.717) is 38.2 Å². The smallest absolute Gasteiger partial charge is 0.255 e. The Bertz CT molecular complexity index is 796. The van der Waals surface area contributed by atoms with Crippen LogP contribution in [0, 0.1) is 5.92 Å². The topological polar surface area (TPSA) is 116 Å². The van der Waals surface area contributed by atoms with Gasteiger partial charge < -0.3 is 15.7 Å². The van der Waals surface area contributed by atoms with Gasteiger partial charge in [0.1, 0.15) is 6.04 Å². The first kappa shape index (κ1) is 18.1. The molecular weight excluding hydrogens is 348 g/mol. The van der Waals surface area contributed by atoms with Crippen LogP contribution in [0.2, 0.25) is 0 Å². The predicted molar refractivity (Wildman–Crippen MR) is 96.3 cm³/mol. The number of hydrogen-bond acceptors (Lipinski definition) is 6. The molecule has 1 unspecified atom stereocenters. The molecule has 3 amide bonds. The molecule has 3 aliphatic rings. The molecule has 8 nitrogen and oxygen atoms in total. The van der Waals surface area contributed by atoms with Gasteiger partial charge in [0.05, 0.1) is 6.10 Å². The van der Waals surface area contributed by atoms with Gasteiger partial charge in [-0.2, -0.15) is 0 Å². The molecule has 0 aromatic heterocycles. The molecule has 1 aromatic rings. The minimum atomic E-state index is -0.593. The van der Waals surface area contributed by atoms with E-state index in [4.69, 9.17) is 5.73 Å². The minimum absolute atomic E-state index is 0.0871. The van der Waals surface area contributed by atoms with Crippen LogP contribution in [-0.4, -0.2) is 64.4 Å². The fourth-order valence-corrected chi connectivity index (χ4v) is 4.26. The van der Waals surface area contributed by atoms with E-state index in [1.54, 1.807) is 4.90 Å². The lowest BCUT2D eigenvalue weighted by molar-refractivity contribution is -0.136. The molecule has 3 aliphatic heterocycles. The number of imide groups is 1. The van der Waals surface area contributed by atoms with Crippen LogP contribution in [0.4, 0.5) is 0 Å².